The Morgan fingerprint density at radius 3 is 2.24 bits per heavy atom. The average Bonchev–Trinajstić information content (AvgIpc) is 3.33. The highest BCUT2D eigenvalue weighted by atomic mass is 16.2. The molecule has 2 saturated heterocycles. The maximum atomic E-state index is 12.9. The summed E-state index contributed by atoms with van der Waals surface area (Å²) in [4.78, 5) is 19.8. The van der Waals surface area contributed by atoms with Gasteiger partial charge in [0.1, 0.15) is 0 Å². The molecule has 4 rings (SSSR count). The molecule has 0 bridgehead atoms. The number of nitrogens with zero attached hydrogens (tertiary/aromatic N) is 3. The third-order valence-electron chi connectivity index (χ3n) is 6.56. The zero-order chi connectivity index (χ0) is 20.1. The topological polar surface area (TPSA) is 26.8 Å². The Morgan fingerprint density at radius 1 is 0.931 bits per heavy atom. The van der Waals surface area contributed by atoms with E-state index >= 15 is 0 Å². The number of carbonyl (C=O) groups excluding carboxylic acids is 1. The van der Waals surface area contributed by atoms with E-state index in [0.717, 1.165) is 57.5 Å². The van der Waals surface area contributed by atoms with Crippen molar-refractivity contribution in [1.29, 1.82) is 0 Å². The lowest BCUT2D eigenvalue weighted by molar-refractivity contribution is 0.0647. The van der Waals surface area contributed by atoms with Crippen LogP contribution in [0.2, 0.25) is 0 Å². The van der Waals surface area contributed by atoms with Gasteiger partial charge in [0.15, 0.2) is 0 Å². The number of piperidine rings is 1. The maximum Gasteiger partial charge on any atom is 0.253 e. The second-order valence-corrected chi connectivity index (χ2v) is 8.48. The molecule has 0 N–H and O–H groups in total. The molecular formula is C25H33N3O. The van der Waals surface area contributed by atoms with E-state index in [-0.39, 0.29) is 5.91 Å². The van der Waals surface area contributed by atoms with Crippen molar-refractivity contribution < 1.29 is 4.79 Å². The van der Waals surface area contributed by atoms with Gasteiger partial charge in [-0.25, -0.2) is 0 Å². The third-order valence-corrected chi connectivity index (χ3v) is 6.56. The Morgan fingerprint density at radius 2 is 1.59 bits per heavy atom. The number of likely N-dealkylation sites (N-methyl/N-ethyl adjacent to an activating group) is 1. The number of hydrogen-bond acceptors (Lipinski definition) is 3. The molecule has 0 radical (unpaired) electrons. The predicted molar refractivity (Wildman–Crippen MR) is 120 cm³/mol. The van der Waals surface area contributed by atoms with Gasteiger partial charge in [0.25, 0.3) is 5.91 Å². The minimum Gasteiger partial charge on any atom is -0.372 e. The molecule has 0 aromatic heterocycles. The molecule has 154 valence electrons. The van der Waals surface area contributed by atoms with Gasteiger partial charge in [-0.15, -0.1) is 0 Å². The van der Waals surface area contributed by atoms with Crippen molar-refractivity contribution in [1.82, 2.24) is 9.80 Å². The quantitative estimate of drug-likeness (QED) is 0.743. The van der Waals surface area contributed by atoms with E-state index in [1.165, 1.54) is 24.1 Å². The number of hydrogen-bond donors (Lipinski definition) is 0. The molecule has 29 heavy (non-hydrogen) atoms. The molecule has 0 unspecified atom stereocenters. The van der Waals surface area contributed by atoms with Crippen molar-refractivity contribution in [2.24, 2.45) is 0 Å². The summed E-state index contributed by atoms with van der Waals surface area (Å²) in [6, 6.07) is 19.5. The summed E-state index contributed by atoms with van der Waals surface area (Å²) in [7, 11) is 2.22. The summed E-state index contributed by atoms with van der Waals surface area (Å²) < 4.78 is 0. The van der Waals surface area contributed by atoms with Gasteiger partial charge in [-0.05, 0) is 69.0 Å². The van der Waals surface area contributed by atoms with Crippen LogP contribution >= 0.6 is 0 Å². The highest BCUT2D eigenvalue weighted by Crippen LogP contribution is 2.22. The zero-order valence-corrected chi connectivity index (χ0v) is 17.6. The van der Waals surface area contributed by atoms with Gasteiger partial charge in [-0.1, -0.05) is 30.3 Å². The number of rotatable bonds is 6. The minimum absolute atomic E-state index is 0.184. The summed E-state index contributed by atoms with van der Waals surface area (Å²) in [6.45, 7) is 5.05. The lowest BCUT2D eigenvalue weighted by atomic mass is 10.0. The van der Waals surface area contributed by atoms with E-state index in [1.807, 2.05) is 17.0 Å². The summed E-state index contributed by atoms with van der Waals surface area (Å²) in [6.07, 6.45) is 5.75. The van der Waals surface area contributed by atoms with Gasteiger partial charge < -0.3 is 14.7 Å². The third kappa shape index (κ3) is 4.99. The first-order chi connectivity index (χ1) is 14.2. The van der Waals surface area contributed by atoms with Crippen LogP contribution in [0.25, 0.3) is 0 Å². The Hall–Kier alpha value is -2.33. The van der Waals surface area contributed by atoms with E-state index in [2.05, 4.69) is 59.3 Å². The van der Waals surface area contributed by atoms with Gasteiger partial charge in [0.05, 0.1) is 0 Å². The Kier molecular flexibility index (Phi) is 6.50. The van der Waals surface area contributed by atoms with E-state index in [1.54, 1.807) is 0 Å². The number of anilines is 1. The molecule has 2 fully saturated rings. The van der Waals surface area contributed by atoms with Crippen molar-refractivity contribution in [3.05, 3.63) is 65.7 Å². The Balaban J connectivity index is 1.25. The standard InChI is InChI=1S/C25H33N3O/c1-26(18-13-21-7-3-2-4-8-21)23-14-19-28(20-15-23)25(29)22-9-11-24(12-10-22)27-16-5-6-17-27/h2-4,7-12,23H,5-6,13-20H2,1H3. The van der Waals surface area contributed by atoms with Crippen LogP contribution in [0.1, 0.15) is 41.6 Å². The van der Waals surface area contributed by atoms with Crippen LogP contribution in [0.15, 0.2) is 54.6 Å². The second kappa shape index (κ2) is 9.45. The van der Waals surface area contributed by atoms with Crippen LogP contribution in [0.5, 0.6) is 0 Å². The molecule has 1 amide bonds. The molecule has 0 aliphatic carbocycles. The fraction of sp³-hybridized carbons (Fsp3) is 0.480. The van der Waals surface area contributed by atoms with Crippen molar-refractivity contribution >= 4 is 11.6 Å². The fourth-order valence-electron chi connectivity index (χ4n) is 4.62. The summed E-state index contributed by atoms with van der Waals surface area (Å²) in [5, 5.41) is 0. The minimum atomic E-state index is 0.184. The van der Waals surface area contributed by atoms with E-state index in [0.29, 0.717) is 6.04 Å². The van der Waals surface area contributed by atoms with Crippen LogP contribution in [-0.2, 0) is 6.42 Å². The molecule has 2 aliphatic heterocycles. The Bertz CT molecular complexity index is 775. The predicted octanol–water partition coefficient (Wildman–Crippen LogP) is 4.07. The van der Waals surface area contributed by atoms with Crippen molar-refractivity contribution in [2.45, 2.75) is 38.1 Å². The van der Waals surface area contributed by atoms with Gasteiger partial charge in [-0.2, -0.15) is 0 Å². The number of likely N-dealkylation sites (tertiary alicyclic amines) is 1. The first kappa shape index (κ1) is 20.0. The molecule has 2 heterocycles. The molecule has 2 aromatic carbocycles. The van der Waals surface area contributed by atoms with Crippen molar-refractivity contribution in [3.8, 4) is 0 Å². The largest absolute Gasteiger partial charge is 0.372 e. The normalized spacial score (nSPS) is 17.9. The Labute approximate surface area is 175 Å². The molecule has 0 spiro atoms. The van der Waals surface area contributed by atoms with Crippen molar-refractivity contribution in [3.63, 3.8) is 0 Å². The van der Waals surface area contributed by atoms with Crippen LogP contribution in [0, 0.1) is 0 Å². The van der Waals surface area contributed by atoms with E-state index < -0.39 is 0 Å². The lowest BCUT2D eigenvalue weighted by Crippen LogP contribution is -2.46. The van der Waals surface area contributed by atoms with Crippen molar-refractivity contribution in [2.75, 3.05) is 44.7 Å². The molecule has 0 atom stereocenters. The monoisotopic (exact) mass is 391 g/mol. The first-order valence-corrected chi connectivity index (χ1v) is 11.1. The summed E-state index contributed by atoms with van der Waals surface area (Å²) in [5.74, 6) is 0.184. The molecule has 2 aromatic rings. The second-order valence-electron chi connectivity index (χ2n) is 8.48. The van der Waals surface area contributed by atoms with Crippen LogP contribution in [0.4, 0.5) is 5.69 Å². The summed E-state index contributed by atoms with van der Waals surface area (Å²) >= 11 is 0. The SMILES string of the molecule is CN(CCc1ccccc1)C1CCN(C(=O)c2ccc(N3CCCC3)cc2)CC1. The van der Waals surface area contributed by atoms with Crippen LogP contribution < -0.4 is 4.90 Å². The highest BCUT2D eigenvalue weighted by Gasteiger charge is 2.26. The molecular weight excluding hydrogens is 358 g/mol. The summed E-state index contributed by atoms with van der Waals surface area (Å²) in [5.41, 5.74) is 3.46. The first-order valence-electron chi connectivity index (χ1n) is 11.1. The molecule has 4 nitrogen and oxygen atoms in total. The smallest absolute Gasteiger partial charge is 0.253 e. The maximum absolute atomic E-state index is 12.9. The van der Waals surface area contributed by atoms with Gasteiger partial charge in [-0.3, -0.25) is 4.79 Å². The van der Waals surface area contributed by atoms with Crippen LogP contribution in [0.3, 0.4) is 0 Å². The zero-order valence-electron chi connectivity index (χ0n) is 17.6. The van der Waals surface area contributed by atoms with E-state index in [9.17, 15) is 4.79 Å². The number of carbonyl (C=O) groups is 1. The highest BCUT2D eigenvalue weighted by molar-refractivity contribution is 5.94. The lowest BCUT2D eigenvalue weighted by Gasteiger charge is -2.37. The fourth-order valence-corrected chi connectivity index (χ4v) is 4.62. The van der Waals surface area contributed by atoms with Gasteiger partial charge in [0.2, 0.25) is 0 Å². The molecule has 2 aliphatic rings. The van der Waals surface area contributed by atoms with Crippen LogP contribution in [-0.4, -0.2) is 61.5 Å². The molecule has 0 saturated carbocycles. The van der Waals surface area contributed by atoms with Gasteiger partial charge in [0, 0.05) is 50.0 Å². The number of benzene rings is 2. The average molecular weight is 392 g/mol. The van der Waals surface area contributed by atoms with Gasteiger partial charge >= 0.3 is 0 Å². The molecule has 4 heteroatoms. The number of amides is 1. The van der Waals surface area contributed by atoms with E-state index in [4.69, 9.17) is 0 Å².